The van der Waals surface area contributed by atoms with E-state index in [0.717, 1.165) is 0 Å². The first-order valence-corrected chi connectivity index (χ1v) is 4.05. The molecule has 0 bridgehead atoms. The fourth-order valence-corrected chi connectivity index (χ4v) is 1.26. The van der Waals surface area contributed by atoms with Gasteiger partial charge in [0.2, 0.25) is 0 Å². The van der Waals surface area contributed by atoms with E-state index in [-0.39, 0.29) is 5.56 Å². The van der Waals surface area contributed by atoms with Gasteiger partial charge in [-0.3, -0.25) is 4.79 Å². The molecule has 5 heteroatoms. The standard InChI is InChI=1S/C7H4BrN3O/c8-6-1-5-4(2-9-6)7(12)11-3-10-5/h1-3H,(H,10,11,12). The summed E-state index contributed by atoms with van der Waals surface area (Å²) in [6.07, 6.45) is 2.86. The van der Waals surface area contributed by atoms with Gasteiger partial charge >= 0.3 is 0 Å². The van der Waals surface area contributed by atoms with Gasteiger partial charge in [-0.1, -0.05) is 0 Å². The highest BCUT2D eigenvalue weighted by molar-refractivity contribution is 9.10. The minimum absolute atomic E-state index is 0.167. The topological polar surface area (TPSA) is 58.6 Å². The monoisotopic (exact) mass is 225 g/mol. The Morgan fingerprint density at radius 1 is 1.42 bits per heavy atom. The first kappa shape index (κ1) is 7.42. The molecule has 2 aromatic heterocycles. The minimum atomic E-state index is -0.167. The highest BCUT2D eigenvalue weighted by Crippen LogP contribution is 2.10. The number of fused-ring (bicyclic) bond motifs is 1. The van der Waals surface area contributed by atoms with Crippen LogP contribution in [0.15, 0.2) is 28.0 Å². The quantitative estimate of drug-likeness (QED) is 0.683. The van der Waals surface area contributed by atoms with Crippen LogP contribution in [0.2, 0.25) is 0 Å². The predicted octanol–water partition coefficient (Wildman–Crippen LogP) is 1.08. The van der Waals surface area contributed by atoms with Crippen LogP contribution in [0.1, 0.15) is 0 Å². The van der Waals surface area contributed by atoms with Crippen molar-refractivity contribution < 1.29 is 0 Å². The second-order valence-corrected chi connectivity index (χ2v) is 3.07. The van der Waals surface area contributed by atoms with Gasteiger partial charge in [-0.15, -0.1) is 0 Å². The SMILES string of the molecule is O=c1[nH]cnc2cc(Br)ncc12. The first-order chi connectivity index (χ1) is 5.77. The zero-order valence-electron chi connectivity index (χ0n) is 5.91. The highest BCUT2D eigenvalue weighted by atomic mass is 79.9. The summed E-state index contributed by atoms with van der Waals surface area (Å²) < 4.78 is 0.674. The smallest absolute Gasteiger partial charge is 0.260 e. The van der Waals surface area contributed by atoms with Crippen LogP contribution in [-0.4, -0.2) is 15.0 Å². The second kappa shape index (κ2) is 2.67. The van der Waals surface area contributed by atoms with E-state index in [2.05, 4.69) is 30.9 Å². The molecule has 1 N–H and O–H groups in total. The number of halogens is 1. The third-order valence-corrected chi connectivity index (χ3v) is 1.93. The first-order valence-electron chi connectivity index (χ1n) is 3.26. The molecule has 0 aliphatic heterocycles. The number of hydrogen-bond donors (Lipinski definition) is 1. The van der Waals surface area contributed by atoms with Gasteiger partial charge in [0.25, 0.3) is 5.56 Å². The van der Waals surface area contributed by atoms with E-state index in [4.69, 9.17) is 0 Å². The summed E-state index contributed by atoms with van der Waals surface area (Å²) in [5, 5.41) is 0.501. The van der Waals surface area contributed by atoms with Gasteiger partial charge in [0.15, 0.2) is 0 Å². The van der Waals surface area contributed by atoms with E-state index in [1.165, 1.54) is 12.5 Å². The third kappa shape index (κ3) is 1.12. The number of pyridine rings is 1. The second-order valence-electron chi connectivity index (χ2n) is 2.26. The Morgan fingerprint density at radius 2 is 2.25 bits per heavy atom. The Hall–Kier alpha value is -1.23. The van der Waals surface area contributed by atoms with Crippen molar-refractivity contribution in [3.05, 3.63) is 33.5 Å². The Labute approximate surface area is 75.8 Å². The van der Waals surface area contributed by atoms with Crippen LogP contribution in [0.25, 0.3) is 10.9 Å². The molecule has 0 atom stereocenters. The maximum absolute atomic E-state index is 11.1. The number of nitrogens with one attached hydrogen (secondary N) is 1. The number of aromatic nitrogens is 3. The third-order valence-electron chi connectivity index (χ3n) is 1.49. The summed E-state index contributed by atoms with van der Waals surface area (Å²) in [5.41, 5.74) is 0.473. The minimum Gasteiger partial charge on any atom is -0.313 e. The fourth-order valence-electron chi connectivity index (χ4n) is 0.940. The average molecular weight is 226 g/mol. The molecular formula is C7H4BrN3O. The zero-order valence-corrected chi connectivity index (χ0v) is 7.50. The maximum atomic E-state index is 11.1. The summed E-state index contributed by atoms with van der Waals surface area (Å²) in [7, 11) is 0. The molecule has 2 aromatic rings. The number of hydrogen-bond acceptors (Lipinski definition) is 3. The van der Waals surface area contributed by atoms with E-state index in [0.29, 0.717) is 15.5 Å². The van der Waals surface area contributed by atoms with E-state index in [1.807, 2.05) is 0 Å². The molecule has 2 heterocycles. The molecule has 0 saturated carbocycles. The number of aromatic amines is 1. The van der Waals surface area contributed by atoms with Gasteiger partial charge in [0.1, 0.15) is 4.60 Å². The van der Waals surface area contributed by atoms with Crippen LogP contribution in [-0.2, 0) is 0 Å². The molecule has 60 valence electrons. The average Bonchev–Trinajstić information content (AvgIpc) is 2.04. The summed E-state index contributed by atoms with van der Waals surface area (Å²) in [6.45, 7) is 0. The van der Waals surface area contributed by atoms with Crippen molar-refractivity contribution >= 4 is 26.8 Å². The van der Waals surface area contributed by atoms with E-state index in [1.54, 1.807) is 6.07 Å². The largest absolute Gasteiger partial charge is 0.313 e. The van der Waals surface area contributed by atoms with E-state index < -0.39 is 0 Å². The molecule has 12 heavy (non-hydrogen) atoms. The lowest BCUT2D eigenvalue weighted by molar-refractivity contribution is 1.15. The van der Waals surface area contributed by atoms with Gasteiger partial charge in [-0.2, -0.15) is 0 Å². The van der Waals surface area contributed by atoms with E-state index >= 15 is 0 Å². The van der Waals surface area contributed by atoms with Crippen molar-refractivity contribution in [1.82, 2.24) is 15.0 Å². The molecule has 0 saturated heterocycles. The van der Waals surface area contributed by atoms with Crippen molar-refractivity contribution in [2.45, 2.75) is 0 Å². The van der Waals surface area contributed by atoms with Crippen LogP contribution in [0.3, 0.4) is 0 Å². The Bertz CT molecular complexity index is 479. The molecule has 4 nitrogen and oxygen atoms in total. The normalized spacial score (nSPS) is 10.4. The van der Waals surface area contributed by atoms with Gasteiger partial charge in [-0.05, 0) is 22.0 Å². The van der Waals surface area contributed by atoms with Crippen molar-refractivity contribution in [1.29, 1.82) is 0 Å². The van der Waals surface area contributed by atoms with Crippen molar-refractivity contribution in [3.8, 4) is 0 Å². The zero-order chi connectivity index (χ0) is 8.55. The van der Waals surface area contributed by atoms with Gasteiger partial charge < -0.3 is 4.98 Å². The Kier molecular flexibility index (Phi) is 1.65. The van der Waals surface area contributed by atoms with Crippen molar-refractivity contribution in [3.63, 3.8) is 0 Å². The van der Waals surface area contributed by atoms with Crippen LogP contribution in [0.4, 0.5) is 0 Å². The molecule has 0 unspecified atom stereocenters. The summed E-state index contributed by atoms with van der Waals surface area (Å²) in [5.74, 6) is 0. The van der Waals surface area contributed by atoms with Crippen LogP contribution >= 0.6 is 15.9 Å². The summed E-state index contributed by atoms with van der Waals surface area (Å²) in [6, 6.07) is 1.70. The van der Waals surface area contributed by atoms with Gasteiger partial charge in [0, 0.05) is 6.20 Å². The Morgan fingerprint density at radius 3 is 3.08 bits per heavy atom. The lowest BCUT2D eigenvalue weighted by Crippen LogP contribution is -2.06. The van der Waals surface area contributed by atoms with Crippen LogP contribution in [0.5, 0.6) is 0 Å². The molecule has 0 fully saturated rings. The summed E-state index contributed by atoms with van der Waals surface area (Å²) >= 11 is 3.19. The molecule has 0 spiro atoms. The molecule has 2 rings (SSSR count). The van der Waals surface area contributed by atoms with Crippen molar-refractivity contribution in [2.24, 2.45) is 0 Å². The summed E-state index contributed by atoms with van der Waals surface area (Å²) in [4.78, 5) is 21.5. The molecule has 0 radical (unpaired) electrons. The Balaban J connectivity index is 2.96. The molecular weight excluding hydrogens is 222 g/mol. The maximum Gasteiger partial charge on any atom is 0.260 e. The number of H-pyrrole nitrogens is 1. The lowest BCUT2D eigenvalue weighted by Gasteiger charge is -1.93. The molecule has 0 aliphatic rings. The number of rotatable bonds is 0. The highest BCUT2D eigenvalue weighted by Gasteiger charge is 1.98. The fraction of sp³-hybridized carbons (Fsp3) is 0. The number of nitrogens with zero attached hydrogens (tertiary/aromatic N) is 2. The lowest BCUT2D eigenvalue weighted by atomic mass is 10.3. The van der Waals surface area contributed by atoms with Gasteiger partial charge in [-0.25, -0.2) is 9.97 Å². The molecule has 0 aliphatic carbocycles. The van der Waals surface area contributed by atoms with Crippen LogP contribution in [0, 0.1) is 0 Å². The van der Waals surface area contributed by atoms with Crippen molar-refractivity contribution in [2.75, 3.05) is 0 Å². The predicted molar refractivity (Wildman–Crippen MR) is 47.9 cm³/mol. The van der Waals surface area contributed by atoms with Gasteiger partial charge in [0.05, 0.1) is 17.2 Å². The van der Waals surface area contributed by atoms with E-state index in [9.17, 15) is 4.79 Å². The molecule has 0 aromatic carbocycles. The van der Waals surface area contributed by atoms with Crippen LogP contribution < -0.4 is 5.56 Å². The molecule has 0 amide bonds.